The van der Waals surface area contributed by atoms with Crippen molar-refractivity contribution in [3.8, 4) is 5.75 Å². The molecule has 1 atom stereocenters. The minimum Gasteiger partial charge on any atom is -0.489 e. The van der Waals surface area contributed by atoms with Gasteiger partial charge in [-0.15, -0.1) is 11.8 Å². The number of carbonyl (C=O) groups is 1. The number of nitrogens with zero attached hydrogens (tertiary/aromatic N) is 1. The molecule has 1 aliphatic rings. The zero-order valence-electron chi connectivity index (χ0n) is 10.7. The molecular formula is C15H13NO3S. The number of fused-ring (bicyclic) bond motifs is 1. The lowest BCUT2D eigenvalue weighted by Crippen LogP contribution is -2.15. The first-order valence-corrected chi connectivity index (χ1v) is 7.27. The van der Waals surface area contributed by atoms with E-state index in [1.807, 2.05) is 24.3 Å². The molecule has 0 fully saturated rings. The maximum Gasteiger partial charge on any atom is 0.354 e. The molecule has 1 unspecified atom stereocenters. The molecule has 20 heavy (non-hydrogen) atoms. The van der Waals surface area contributed by atoms with Crippen LogP contribution in [-0.2, 0) is 6.42 Å². The number of carboxylic acid groups (broad SMARTS) is 1. The molecule has 3 rings (SSSR count). The number of carboxylic acids is 1. The Morgan fingerprint density at radius 1 is 1.40 bits per heavy atom. The van der Waals surface area contributed by atoms with Gasteiger partial charge in [0, 0.05) is 23.3 Å². The Balaban J connectivity index is 1.61. The number of aromatic nitrogens is 1. The molecule has 1 aliphatic heterocycles. The second-order valence-corrected chi connectivity index (χ2v) is 5.64. The van der Waals surface area contributed by atoms with Crippen molar-refractivity contribution in [1.82, 2.24) is 4.98 Å². The van der Waals surface area contributed by atoms with E-state index < -0.39 is 5.97 Å². The van der Waals surface area contributed by atoms with Crippen molar-refractivity contribution in [2.75, 3.05) is 5.75 Å². The van der Waals surface area contributed by atoms with Crippen LogP contribution >= 0.6 is 11.8 Å². The lowest BCUT2D eigenvalue weighted by molar-refractivity contribution is 0.0690. The van der Waals surface area contributed by atoms with Gasteiger partial charge in [-0.3, -0.25) is 0 Å². The number of ether oxygens (including phenoxy) is 1. The molecule has 0 spiro atoms. The van der Waals surface area contributed by atoms with E-state index >= 15 is 0 Å². The quantitative estimate of drug-likeness (QED) is 0.876. The summed E-state index contributed by atoms with van der Waals surface area (Å²) in [5.74, 6) is 0.744. The average Bonchev–Trinajstić information content (AvgIpc) is 2.88. The minimum atomic E-state index is -1.00. The van der Waals surface area contributed by atoms with Crippen LogP contribution < -0.4 is 4.74 Å². The summed E-state index contributed by atoms with van der Waals surface area (Å²) in [5, 5.41) is 8.91. The van der Waals surface area contributed by atoms with Crippen molar-refractivity contribution in [1.29, 1.82) is 0 Å². The van der Waals surface area contributed by atoms with Gasteiger partial charge in [-0.1, -0.05) is 18.2 Å². The molecule has 0 saturated heterocycles. The van der Waals surface area contributed by atoms with Gasteiger partial charge in [0.1, 0.15) is 17.5 Å². The Labute approximate surface area is 120 Å². The molecule has 0 aliphatic carbocycles. The van der Waals surface area contributed by atoms with Gasteiger partial charge in [0.2, 0.25) is 0 Å². The summed E-state index contributed by atoms with van der Waals surface area (Å²) < 4.78 is 5.85. The minimum absolute atomic E-state index is 0.0747. The van der Waals surface area contributed by atoms with E-state index in [2.05, 4.69) is 11.1 Å². The lowest BCUT2D eigenvalue weighted by atomic mass is 10.1. The van der Waals surface area contributed by atoms with Gasteiger partial charge in [-0.05, 0) is 23.8 Å². The number of hydrogen-bond acceptors (Lipinski definition) is 4. The number of benzene rings is 1. The highest BCUT2D eigenvalue weighted by Gasteiger charge is 2.22. The van der Waals surface area contributed by atoms with Crippen LogP contribution in [0.4, 0.5) is 0 Å². The SMILES string of the molecule is O=C(O)c1cc(SCC2Cc3ccccc3O2)ccn1. The van der Waals surface area contributed by atoms with Gasteiger partial charge in [0.15, 0.2) is 0 Å². The summed E-state index contributed by atoms with van der Waals surface area (Å²) in [6, 6.07) is 11.5. The fraction of sp³-hybridized carbons (Fsp3) is 0.200. The van der Waals surface area contributed by atoms with Gasteiger partial charge in [0.05, 0.1) is 0 Å². The van der Waals surface area contributed by atoms with Gasteiger partial charge >= 0.3 is 5.97 Å². The van der Waals surface area contributed by atoms with E-state index in [4.69, 9.17) is 9.84 Å². The van der Waals surface area contributed by atoms with E-state index in [-0.39, 0.29) is 11.8 Å². The molecule has 1 aromatic carbocycles. The maximum atomic E-state index is 10.9. The van der Waals surface area contributed by atoms with Crippen LogP contribution in [0.2, 0.25) is 0 Å². The number of thioether (sulfide) groups is 1. The summed E-state index contributed by atoms with van der Waals surface area (Å²) >= 11 is 1.59. The normalized spacial score (nSPS) is 16.5. The average molecular weight is 287 g/mol. The summed E-state index contributed by atoms with van der Waals surface area (Å²) in [6.07, 6.45) is 2.56. The third-order valence-corrected chi connectivity index (χ3v) is 4.23. The lowest BCUT2D eigenvalue weighted by Gasteiger charge is -2.10. The van der Waals surface area contributed by atoms with E-state index in [1.165, 1.54) is 11.8 Å². The molecule has 0 radical (unpaired) electrons. The summed E-state index contributed by atoms with van der Waals surface area (Å²) in [5.41, 5.74) is 1.31. The zero-order chi connectivity index (χ0) is 13.9. The highest BCUT2D eigenvalue weighted by atomic mass is 32.2. The monoisotopic (exact) mass is 287 g/mol. The van der Waals surface area contributed by atoms with Crippen LogP contribution in [0.1, 0.15) is 16.1 Å². The Hall–Kier alpha value is -2.01. The first-order chi connectivity index (χ1) is 9.72. The number of pyridine rings is 1. The highest BCUT2D eigenvalue weighted by Crippen LogP contribution is 2.31. The fourth-order valence-corrected chi connectivity index (χ4v) is 3.07. The summed E-state index contributed by atoms with van der Waals surface area (Å²) in [4.78, 5) is 15.6. The Kier molecular flexibility index (Phi) is 3.60. The molecule has 2 heterocycles. The second kappa shape index (κ2) is 5.54. The largest absolute Gasteiger partial charge is 0.489 e. The standard InChI is InChI=1S/C15H13NO3S/c17-15(18)13-8-12(5-6-16-13)20-9-11-7-10-3-1-2-4-14(10)19-11/h1-6,8,11H,7,9H2,(H,17,18). The van der Waals surface area contributed by atoms with Crippen LogP contribution in [0, 0.1) is 0 Å². The third-order valence-electron chi connectivity index (χ3n) is 3.10. The predicted octanol–water partition coefficient (Wildman–Crippen LogP) is 2.88. The topological polar surface area (TPSA) is 59.4 Å². The molecule has 0 saturated carbocycles. The molecule has 102 valence electrons. The van der Waals surface area contributed by atoms with Crippen molar-refractivity contribution in [2.45, 2.75) is 17.4 Å². The number of rotatable bonds is 4. The second-order valence-electron chi connectivity index (χ2n) is 4.54. The molecule has 0 bridgehead atoms. The van der Waals surface area contributed by atoms with Gasteiger partial charge in [-0.25, -0.2) is 9.78 Å². The Morgan fingerprint density at radius 2 is 2.25 bits per heavy atom. The first kappa shape index (κ1) is 13.0. The van der Waals surface area contributed by atoms with E-state index in [1.54, 1.807) is 17.8 Å². The van der Waals surface area contributed by atoms with Crippen molar-refractivity contribution < 1.29 is 14.6 Å². The number of aromatic carboxylic acids is 1. The summed E-state index contributed by atoms with van der Waals surface area (Å²) in [6.45, 7) is 0. The predicted molar refractivity (Wildman–Crippen MR) is 76.5 cm³/mol. The number of para-hydroxylation sites is 1. The Morgan fingerprint density at radius 3 is 3.05 bits per heavy atom. The zero-order valence-corrected chi connectivity index (χ0v) is 11.5. The van der Waals surface area contributed by atoms with Gasteiger partial charge in [-0.2, -0.15) is 0 Å². The molecule has 0 amide bonds. The van der Waals surface area contributed by atoms with E-state index in [0.29, 0.717) is 0 Å². The van der Waals surface area contributed by atoms with Crippen LogP contribution in [-0.4, -0.2) is 27.9 Å². The first-order valence-electron chi connectivity index (χ1n) is 6.29. The van der Waals surface area contributed by atoms with E-state index in [9.17, 15) is 4.79 Å². The van der Waals surface area contributed by atoms with Crippen LogP contribution in [0.5, 0.6) is 5.75 Å². The van der Waals surface area contributed by atoms with Crippen LogP contribution in [0.15, 0.2) is 47.5 Å². The molecule has 2 aromatic rings. The van der Waals surface area contributed by atoms with Crippen molar-refractivity contribution >= 4 is 17.7 Å². The van der Waals surface area contributed by atoms with E-state index in [0.717, 1.165) is 22.8 Å². The van der Waals surface area contributed by atoms with Crippen LogP contribution in [0.25, 0.3) is 0 Å². The highest BCUT2D eigenvalue weighted by molar-refractivity contribution is 7.99. The van der Waals surface area contributed by atoms with Crippen molar-refractivity contribution in [3.63, 3.8) is 0 Å². The van der Waals surface area contributed by atoms with Crippen molar-refractivity contribution in [3.05, 3.63) is 53.9 Å². The van der Waals surface area contributed by atoms with Crippen LogP contribution in [0.3, 0.4) is 0 Å². The fourth-order valence-electron chi connectivity index (χ4n) is 2.15. The molecular weight excluding hydrogens is 274 g/mol. The number of hydrogen-bond donors (Lipinski definition) is 1. The third kappa shape index (κ3) is 2.77. The van der Waals surface area contributed by atoms with Gasteiger partial charge in [0.25, 0.3) is 0 Å². The smallest absolute Gasteiger partial charge is 0.354 e. The molecule has 1 N–H and O–H groups in total. The Bertz CT molecular complexity index is 620. The molecule has 4 nitrogen and oxygen atoms in total. The molecule has 5 heteroatoms. The van der Waals surface area contributed by atoms with Crippen molar-refractivity contribution in [2.24, 2.45) is 0 Å². The van der Waals surface area contributed by atoms with Gasteiger partial charge < -0.3 is 9.84 Å². The maximum absolute atomic E-state index is 10.9. The summed E-state index contributed by atoms with van der Waals surface area (Å²) in [7, 11) is 0. The molecule has 1 aromatic heterocycles.